The molecular weight excluding hydrogens is 610 g/mol. The highest BCUT2D eigenvalue weighted by atomic mass is 19.2. The van der Waals surface area contributed by atoms with Gasteiger partial charge in [0.1, 0.15) is 0 Å². The maximum absolute atomic E-state index is 16.0. The van der Waals surface area contributed by atoms with Gasteiger partial charge in [-0.1, -0.05) is 59.5 Å². The monoisotopic (exact) mass is 618 g/mol. The van der Waals surface area contributed by atoms with Crippen LogP contribution in [0.15, 0.2) is 48.5 Å². The highest BCUT2D eigenvalue weighted by Crippen LogP contribution is 2.33. The maximum atomic E-state index is 16.0. The van der Waals surface area contributed by atoms with Crippen LogP contribution in [0.2, 0.25) is 0 Å². The molecule has 5 aromatic rings. The van der Waals surface area contributed by atoms with Gasteiger partial charge in [-0.2, -0.15) is 0 Å². The van der Waals surface area contributed by atoms with Gasteiger partial charge in [-0.3, -0.25) is 0 Å². The van der Waals surface area contributed by atoms with Gasteiger partial charge in [0.15, 0.2) is 69.8 Å². The van der Waals surface area contributed by atoms with E-state index < -0.39 is 116 Å². The van der Waals surface area contributed by atoms with Gasteiger partial charge in [-0.15, -0.1) is 0 Å². The van der Waals surface area contributed by atoms with Crippen molar-refractivity contribution in [2.45, 2.75) is 0 Å². The van der Waals surface area contributed by atoms with E-state index in [0.717, 1.165) is 24.3 Å². The molecule has 0 fully saturated rings. The molecule has 0 saturated heterocycles. The summed E-state index contributed by atoms with van der Waals surface area (Å²) in [5, 5.41) is 0. The summed E-state index contributed by atoms with van der Waals surface area (Å²) in [6, 6.07) is 9.34. The lowest BCUT2D eigenvalue weighted by molar-refractivity contribution is 0.413. The van der Waals surface area contributed by atoms with Crippen LogP contribution in [0.25, 0.3) is 22.3 Å². The van der Waals surface area contributed by atoms with Gasteiger partial charge < -0.3 is 0 Å². The average molecular weight is 618 g/mol. The van der Waals surface area contributed by atoms with Gasteiger partial charge in [0.2, 0.25) is 13.4 Å². The van der Waals surface area contributed by atoms with E-state index in [1.165, 1.54) is 24.3 Å². The van der Waals surface area contributed by atoms with Gasteiger partial charge in [-0.25, -0.2) is 52.7 Å². The minimum Gasteiger partial charge on any atom is -0.204 e. The Kier molecular flexibility index (Phi) is 6.05. The number of hydrogen-bond donors (Lipinski definition) is 0. The molecule has 7 rings (SSSR count). The van der Waals surface area contributed by atoms with Crippen LogP contribution in [0.3, 0.4) is 0 Å². The molecular formula is C30H8B2F12. The third-order valence-electron chi connectivity index (χ3n) is 8.19. The molecule has 5 aromatic carbocycles. The summed E-state index contributed by atoms with van der Waals surface area (Å²) in [5.74, 6) is -26.6. The van der Waals surface area contributed by atoms with Crippen LogP contribution in [-0.2, 0) is 0 Å². The van der Waals surface area contributed by atoms with Crippen molar-refractivity contribution in [3.63, 3.8) is 0 Å². The van der Waals surface area contributed by atoms with E-state index in [1.54, 1.807) is 0 Å². The van der Waals surface area contributed by atoms with Crippen molar-refractivity contribution in [1.82, 2.24) is 0 Å². The van der Waals surface area contributed by atoms with E-state index in [4.69, 9.17) is 0 Å². The summed E-state index contributed by atoms with van der Waals surface area (Å²) in [7, 11) is 0. The van der Waals surface area contributed by atoms with Crippen molar-refractivity contribution in [1.29, 1.82) is 0 Å². The lowest BCUT2D eigenvalue weighted by atomic mass is 9.30. The minimum atomic E-state index is -2.46. The third-order valence-corrected chi connectivity index (χ3v) is 8.19. The van der Waals surface area contributed by atoms with Crippen molar-refractivity contribution < 1.29 is 52.7 Å². The molecule has 0 amide bonds. The van der Waals surface area contributed by atoms with Gasteiger partial charge in [0.05, 0.1) is 0 Å². The summed E-state index contributed by atoms with van der Waals surface area (Å²) < 4.78 is 181. The molecule has 0 atom stereocenters. The second kappa shape index (κ2) is 9.44. The molecule has 0 N–H and O–H groups in total. The molecule has 0 aliphatic carbocycles. The Balaban J connectivity index is 1.67. The topological polar surface area (TPSA) is 0 Å². The fourth-order valence-electron chi connectivity index (χ4n) is 6.46. The van der Waals surface area contributed by atoms with E-state index in [1.807, 2.05) is 0 Å². The molecule has 0 radical (unpaired) electrons. The Labute approximate surface area is 239 Å². The molecule has 218 valence electrons. The highest BCUT2D eigenvalue weighted by molar-refractivity contribution is 7.07. The fourth-order valence-corrected chi connectivity index (χ4v) is 6.46. The number of hydrogen-bond acceptors (Lipinski definition) is 0. The maximum Gasteiger partial charge on any atom is 0.250 e. The van der Waals surface area contributed by atoms with E-state index in [-0.39, 0.29) is 22.1 Å². The molecule has 14 heteroatoms. The van der Waals surface area contributed by atoms with Crippen LogP contribution in [-0.4, -0.2) is 13.4 Å². The Bertz CT molecular complexity index is 1980. The summed E-state index contributed by atoms with van der Waals surface area (Å²) in [5.41, 5.74) is -8.17. The van der Waals surface area contributed by atoms with Crippen molar-refractivity contribution in [3.8, 4) is 22.3 Å². The zero-order valence-corrected chi connectivity index (χ0v) is 21.3. The average Bonchev–Trinajstić information content (AvgIpc) is 3.55. The molecule has 0 bridgehead atoms. The molecule has 0 aromatic heterocycles. The van der Waals surface area contributed by atoms with E-state index in [9.17, 15) is 26.3 Å². The van der Waals surface area contributed by atoms with Gasteiger partial charge >= 0.3 is 0 Å². The van der Waals surface area contributed by atoms with Crippen LogP contribution in [0.4, 0.5) is 52.7 Å². The second-order valence-electron chi connectivity index (χ2n) is 10.2. The second-order valence-corrected chi connectivity index (χ2v) is 10.2. The molecule has 2 aliphatic heterocycles. The minimum absolute atomic E-state index is 0.348. The summed E-state index contributed by atoms with van der Waals surface area (Å²) in [6.07, 6.45) is 0. The van der Waals surface area contributed by atoms with Crippen molar-refractivity contribution in [2.75, 3.05) is 0 Å². The zero-order valence-electron chi connectivity index (χ0n) is 21.3. The zero-order chi connectivity index (χ0) is 31.5. The first kappa shape index (κ1) is 28.2. The Hall–Kier alpha value is -4.61. The Morgan fingerprint density at radius 3 is 0.909 bits per heavy atom. The summed E-state index contributed by atoms with van der Waals surface area (Å²) in [6.45, 7) is -4.44. The van der Waals surface area contributed by atoms with Crippen LogP contribution in [0, 0.1) is 69.8 Å². The standard InChI is InChI=1S/C30H8B2F12/c33-19-13-9-5-1-3-7-11(9)31(15(13)21(35)27(41)25(19)39)17-18(24(38)30(44)29(43)23(17)37)32-12-8-4-2-6-10(12)14-16(32)22(36)28(42)26(40)20(14)34/h1-8H. The number of fused-ring (bicyclic) bond motifs is 6. The first-order valence-electron chi connectivity index (χ1n) is 12.7. The molecule has 2 aliphatic rings. The summed E-state index contributed by atoms with van der Waals surface area (Å²) in [4.78, 5) is 0. The summed E-state index contributed by atoms with van der Waals surface area (Å²) >= 11 is 0. The first-order chi connectivity index (χ1) is 20.9. The van der Waals surface area contributed by atoms with E-state index >= 15 is 26.3 Å². The van der Waals surface area contributed by atoms with Gasteiger partial charge in [-0.05, 0) is 33.0 Å². The van der Waals surface area contributed by atoms with Crippen LogP contribution < -0.4 is 32.8 Å². The van der Waals surface area contributed by atoms with Crippen LogP contribution in [0.5, 0.6) is 0 Å². The largest absolute Gasteiger partial charge is 0.250 e. The lowest BCUT2D eigenvalue weighted by Gasteiger charge is -2.23. The first-order valence-corrected chi connectivity index (χ1v) is 12.7. The van der Waals surface area contributed by atoms with Crippen LogP contribution in [0.1, 0.15) is 0 Å². The smallest absolute Gasteiger partial charge is 0.204 e. The predicted octanol–water partition coefficient (Wildman–Crippen LogP) is 4.35. The van der Waals surface area contributed by atoms with E-state index in [2.05, 4.69) is 0 Å². The predicted molar refractivity (Wildman–Crippen MR) is 139 cm³/mol. The lowest BCUT2D eigenvalue weighted by Crippen LogP contribution is -2.66. The van der Waals surface area contributed by atoms with Crippen molar-refractivity contribution in [3.05, 3.63) is 118 Å². The molecule has 0 nitrogen and oxygen atoms in total. The SMILES string of the molecule is Fc1c(F)c(F)c(B2c3ccccc3-c3c(F)c(F)c(F)c(F)c32)c(B2c3ccccc3-c3c(F)c(F)c(F)c(F)c32)c1F. The number of benzene rings is 5. The molecule has 44 heavy (non-hydrogen) atoms. The highest BCUT2D eigenvalue weighted by Gasteiger charge is 2.50. The quantitative estimate of drug-likeness (QED) is 0.117. The van der Waals surface area contributed by atoms with Crippen molar-refractivity contribution in [2.24, 2.45) is 0 Å². The Morgan fingerprint density at radius 2 is 0.568 bits per heavy atom. The van der Waals surface area contributed by atoms with Gasteiger partial charge in [0, 0.05) is 11.1 Å². The number of rotatable bonds is 2. The molecule has 0 saturated carbocycles. The van der Waals surface area contributed by atoms with Crippen LogP contribution >= 0.6 is 0 Å². The van der Waals surface area contributed by atoms with Gasteiger partial charge in [0.25, 0.3) is 0 Å². The molecule has 0 spiro atoms. The van der Waals surface area contributed by atoms with Crippen molar-refractivity contribution >= 4 is 46.2 Å². The molecule has 2 heterocycles. The van der Waals surface area contributed by atoms with E-state index in [0.29, 0.717) is 0 Å². The fraction of sp³-hybridized carbons (Fsp3) is 0. The molecule has 0 unspecified atom stereocenters. The Morgan fingerprint density at radius 1 is 0.295 bits per heavy atom. The third kappa shape index (κ3) is 3.36. The number of halogens is 12. The normalized spacial score (nSPS) is 12.9.